The van der Waals surface area contributed by atoms with Crippen LogP contribution in [-0.2, 0) is 14.9 Å². The summed E-state index contributed by atoms with van der Waals surface area (Å²) in [5, 5.41) is 0. The molecule has 0 amide bonds. The lowest BCUT2D eigenvalue weighted by atomic mass is 9.65. The van der Waals surface area contributed by atoms with Gasteiger partial charge in [-0.15, -0.1) is 0 Å². The van der Waals surface area contributed by atoms with Crippen LogP contribution in [0.4, 0.5) is 0 Å². The van der Waals surface area contributed by atoms with E-state index in [9.17, 15) is 0 Å². The lowest BCUT2D eigenvalue weighted by Crippen LogP contribution is -2.30. The second-order valence-corrected chi connectivity index (χ2v) is 12.1. The standard InChI is InChI=1S/C24H24Br4O4/c25-18-6-14(7-19(26)22(18)31-12-16-10-29-16)24(4-2-1-3-5-24)15-8-20(27)23(21(28)9-15)32-13-17-11-30-17/h6-9,16-17H,1-5,10-13H2. The fraction of sp³-hybridized carbons (Fsp3) is 0.500. The minimum atomic E-state index is -0.0649. The number of epoxide rings is 2. The number of ether oxygens (including phenoxy) is 4. The maximum atomic E-state index is 6.02. The van der Waals surface area contributed by atoms with E-state index < -0.39 is 0 Å². The summed E-state index contributed by atoms with van der Waals surface area (Å²) in [6.45, 7) is 2.73. The van der Waals surface area contributed by atoms with Gasteiger partial charge in [-0.25, -0.2) is 0 Å². The van der Waals surface area contributed by atoms with Crippen molar-refractivity contribution in [2.75, 3.05) is 26.4 Å². The molecular weight excluding hydrogens is 672 g/mol. The predicted octanol–water partition coefficient (Wildman–Crippen LogP) is 7.54. The van der Waals surface area contributed by atoms with Crippen molar-refractivity contribution >= 4 is 63.7 Å². The molecule has 5 rings (SSSR count). The normalized spacial score (nSPS) is 23.6. The first kappa shape index (κ1) is 23.6. The summed E-state index contributed by atoms with van der Waals surface area (Å²) in [5.41, 5.74) is 2.53. The highest BCUT2D eigenvalue weighted by atomic mass is 79.9. The topological polar surface area (TPSA) is 43.5 Å². The molecule has 2 aliphatic heterocycles. The van der Waals surface area contributed by atoms with Gasteiger partial charge in [0.05, 0.1) is 31.1 Å². The fourth-order valence-electron chi connectivity index (χ4n) is 4.53. The van der Waals surface area contributed by atoms with Gasteiger partial charge in [-0.1, -0.05) is 19.3 Å². The first-order valence-electron chi connectivity index (χ1n) is 10.9. The molecule has 1 aliphatic carbocycles. The molecule has 2 atom stereocenters. The van der Waals surface area contributed by atoms with Gasteiger partial charge in [-0.3, -0.25) is 0 Å². The largest absolute Gasteiger partial charge is 0.488 e. The molecule has 1 saturated carbocycles. The maximum absolute atomic E-state index is 6.02. The van der Waals surface area contributed by atoms with Gasteiger partial charge in [0, 0.05) is 5.41 Å². The van der Waals surface area contributed by atoms with Crippen LogP contribution >= 0.6 is 63.7 Å². The molecule has 0 spiro atoms. The van der Waals surface area contributed by atoms with E-state index in [2.05, 4.69) is 88.0 Å². The van der Waals surface area contributed by atoms with Crippen molar-refractivity contribution in [3.8, 4) is 11.5 Å². The third-order valence-corrected chi connectivity index (χ3v) is 8.80. The van der Waals surface area contributed by atoms with Crippen LogP contribution in [0.2, 0.25) is 0 Å². The number of hydrogen-bond acceptors (Lipinski definition) is 4. The third-order valence-electron chi connectivity index (χ3n) is 6.44. The molecule has 3 fully saturated rings. The quantitative estimate of drug-likeness (QED) is 0.268. The number of rotatable bonds is 8. The molecule has 8 heteroatoms. The molecule has 0 aromatic heterocycles. The van der Waals surface area contributed by atoms with E-state index >= 15 is 0 Å². The van der Waals surface area contributed by atoms with Gasteiger partial charge in [0.2, 0.25) is 0 Å². The summed E-state index contributed by atoms with van der Waals surface area (Å²) in [7, 11) is 0. The monoisotopic (exact) mass is 692 g/mol. The lowest BCUT2D eigenvalue weighted by molar-refractivity contribution is 0.260. The molecule has 2 aromatic carbocycles. The highest BCUT2D eigenvalue weighted by molar-refractivity contribution is 9.11. The Bertz CT molecular complexity index is 878. The van der Waals surface area contributed by atoms with Crippen LogP contribution in [0.3, 0.4) is 0 Å². The van der Waals surface area contributed by atoms with Crippen molar-refractivity contribution in [3.63, 3.8) is 0 Å². The molecule has 2 aromatic rings. The van der Waals surface area contributed by atoms with Gasteiger partial charge in [0.15, 0.2) is 0 Å². The molecule has 2 unspecified atom stereocenters. The Morgan fingerprint density at radius 3 is 1.41 bits per heavy atom. The minimum Gasteiger partial charge on any atom is -0.488 e. The van der Waals surface area contributed by atoms with Crippen molar-refractivity contribution < 1.29 is 18.9 Å². The number of benzene rings is 2. The summed E-state index contributed by atoms with van der Waals surface area (Å²) in [5.74, 6) is 1.67. The van der Waals surface area contributed by atoms with Crippen LogP contribution in [0.5, 0.6) is 11.5 Å². The zero-order valence-electron chi connectivity index (χ0n) is 17.5. The molecule has 172 valence electrons. The van der Waals surface area contributed by atoms with E-state index in [0.717, 1.165) is 55.4 Å². The summed E-state index contributed by atoms with van der Waals surface area (Å²) in [6, 6.07) is 8.93. The SMILES string of the molecule is Brc1cc(C2(c3cc(Br)c(OCC4CO4)c(Br)c3)CCCCC2)cc(Br)c1OCC1CO1. The Labute approximate surface area is 222 Å². The van der Waals surface area contributed by atoms with Crippen molar-refractivity contribution in [2.24, 2.45) is 0 Å². The van der Waals surface area contributed by atoms with E-state index in [1.165, 1.54) is 30.4 Å². The summed E-state index contributed by atoms with van der Waals surface area (Å²) in [6.07, 6.45) is 6.35. The van der Waals surface area contributed by atoms with Crippen molar-refractivity contribution in [1.82, 2.24) is 0 Å². The Morgan fingerprint density at radius 1 is 0.688 bits per heavy atom. The molecule has 2 heterocycles. The molecule has 0 radical (unpaired) electrons. The van der Waals surface area contributed by atoms with Gasteiger partial charge in [0.1, 0.15) is 36.9 Å². The van der Waals surface area contributed by atoms with Gasteiger partial charge < -0.3 is 18.9 Å². The van der Waals surface area contributed by atoms with E-state index in [0.29, 0.717) is 13.2 Å². The first-order valence-corrected chi connectivity index (χ1v) is 14.1. The number of halogens is 4. The smallest absolute Gasteiger partial charge is 0.147 e. The zero-order chi connectivity index (χ0) is 22.3. The molecule has 3 aliphatic rings. The van der Waals surface area contributed by atoms with Crippen LogP contribution in [-0.4, -0.2) is 38.6 Å². The van der Waals surface area contributed by atoms with Crippen molar-refractivity contribution in [1.29, 1.82) is 0 Å². The minimum absolute atomic E-state index is 0.0649. The van der Waals surface area contributed by atoms with Gasteiger partial charge >= 0.3 is 0 Å². The highest BCUT2D eigenvalue weighted by Crippen LogP contribution is 2.50. The Hall–Kier alpha value is -0.120. The first-order chi connectivity index (χ1) is 15.5. The van der Waals surface area contributed by atoms with E-state index in [4.69, 9.17) is 18.9 Å². The second-order valence-electron chi connectivity index (χ2n) is 8.71. The average molecular weight is 696 g/mol. The lowest BCUT2D eigenvalue weighted by Gasteiger charge is -2.39. The van der Waals surface area contributed by atoms with Gasteiger partial charge in [-0.2, -0.15) is 0 Å². The molecule has 32 heavy (non-hydrogen) atoms. The second kappa shape index (κ2) is 9.86. The maximum Gasteiger partial charge on any atom is 0.147 e. The molecule has 4 nitrogen and oxygen atoms in total. The molecule has 2 saturated heterocycles. The molecule has 0 N–H and O–H groups in total. The summed E-state index contributed by atoms with van der Waals surface area (Å²) in [4.78, 5) is 0. The molecular formula is C24H24Br4O4. The Balaban J connectivity index is 1.49. The van der Waals surface area contributed by atoms with Crippen LogP contribution in [0, 0.1) is 0 Å². The zero-order valence-corrected chi connectivity index (χ0v) is 23.8. The van der Waals surface area contributed by atoms with E-state index in [1.807, 2.05) is 0 Å². The Kier molecular flexibility index (Phi) is 7.28. The van der Waals surface area contributed by atoms with Crippen LogP contribution < -0.4 is 9.47 Å². The van der Waals surface area contributed by atoms with Crippen molar-refractivity contribution in [3.05, 3.63) is 53.3 Å². The molecule has 0 bridgehead atoms. The van der Waals surface area contributed by atoms with Crippen LogP contribution in [0.15, 0.2) is 42.2 Å². The van der Waals surface area contributed by atoms with E-state index in [1.54, 1.807) is 0 Å². The summed E-state index contributed by atoms with van der Waals surface area (Å²) >= 11 is 15.1. The van der Waals surface area contributed by atoms with E-state index in [-0.39, 0.29) is 17.6 Å². The highest BCUT2D eigenvalue weighted by Gasteiger charge is 2.38. The Morgan fingerprint density at radius 2 is 1.06 bits per heavy atom. The predicted molar refractivity (Wildman–Crippen MR) is 138 cm³/mol. The fourth-order valence-corrected chi connectivity index (χ4v) is 7.36. The summed E-state index contributed by atoms with van der Waals surface area (Å²) < 4.78 is 26.5. The third kappa shape index (κ3) is 5.10. The number of hydrogen-bond donors (Lipinski definition) is 0. The van der Waals surface area contributed by atoms with Gasteiger partial charge in [-0.05, 0) is 112 Å². The van der Waals surface area contributed by atoms with Gasteiger partial charge in [0.25, 0.3) is 0 Å². The average Bonchev–Trinajstić information content (AvgIpc) is 3.68. The van der Waals surface area contributed by atoms with Crippen LogP contribution in [0.1, 0.15) is 43.2 Å². The van der Waals surface area contributed by atoms with Crippen molar-refractivity contribution in [2.45, 2.75) is 49.7 Å². The van der Waals surface area contributed by atoms with Crippen LogP contribution in [0.25, 0.3) is 0 Å².